The summed E-state index contributed by atoms with van der Waals surface area (Å²) in [7, 11) is 2.17. The molecule has 3 rings (SSSR count). The first-order chi connectivity index (χ1) is 14.2. The molecule has 0 saturated carbocycles. The highest BCUT2D eigenvalue weighted by Crippen LogP contribution is 2.24. The Kier molecular flexibility index (Phi) is 8.38. The van der Waals surface area contributed by atoms with Crippen LogP contribution in [0.5, 0.6) is 0 Å². The second-order valence-electron chi connectivity index (χ2n) is 7.83. The quantitative estimate of drug-likeness (QED) is 0.510. The maximum Gasteiger partial charge on any atom is 0.191 e. The van der Waals surface area contributed by atoms with E-state index in [1.165, 1.54) is 10.6 Å². The topological polar surface area (TPSA) is 42.9 Å². The molecule has 0 spiro atoms. The lowest BCUT2D eigenvalue weighted by Crippen LogP contribution is -2.49. The molecule has 1 aromatic heterocycles. The summed E-state index contributed by atoms with van der Waals surface area (Å²) >= 11 is 1.83. The molecule has 2 aromatic rings. The van der Waals surface area contributed by atoms with Crippen LogP contribution in [0.2, 0.25) is 0 Å². The number of guanidine groups is 1. The van der Waals surface area contributed by atoms with Crippen molar-refractivity contribution in [2.45, 2.75) is 45.3 Å². The average Bonchev–Trinajstić information content (AvgIpc) is 3.28. The van der Waals surface area contributed by atoms with Crippen molar-refractivity contribution >= 4 is 22.3 Å². The third kappa shape index (κ3) is 6.75. The smallest absolute Gasteiger partial charge is 0.191 e. The zero-order chi connectivity index (χ0) is 20.5. The molecule has 0 amide bonds. The van der Waals surface area contributed by atoms with Crippen LogP contribution in [0, 0.1) is 0 Å². The van der Waals surface area contributed by atoms with Crippen molar-refractivity contribution in [2.24, 2.45) is 4.99 Å². The van der Waals surface area contributed by atoms with Crippen molar-refractivity contribution in [3.63, 3.8) is 0 Å². The molecule has 1 aliphatic rings. The Morgan fingerprint density at radius 2 is 1.97 bits per heavy atom. The van der Waals surface area contributed by atoms with Gasteiger partial charge in [0.25, 0.3) is 0 Å². The van der Waals surface area contributed by atoms with Crippen LogP contribution < -0.4 is 15.5 Å². The van der Waals surface area contributed by atoms with E-state index in [1.807, 2.05) is 11.3 Å². The molecule has 29 heavy (non-hydrogen) atoms. The van der Waals surface area contributed by atoms with Crippen molar-refractivity contribution in [1.29, 1.82) is 0 Å². The first kappa shape index (κ1) is 21.7. The summed E-state index contributed by atoms with van der Waals surface area (Å²) in [6.45, 7) is 9.20. The van der Waals surface area contributed by atoms with Gasteiger partial charge in [-0.15, -0.1) is 11.3 Å². The summed E-state index contributed by atoms with van der Waals surface area (Å²) in [5.74, 6) is 0.946. The van der Waals surface area contributed by atoms with Gasteiger partial charge < -0.3 is 15.5 Å². The van der Waals surface area contributed by atoms with Gasteiger partial charge in [0.05, 0.1) is 11.5 Å². The predicted molar refractivity (Wildman–Crippen MR) is 126 cm³/mol. The Morgan fingerprint density at radius 3 is 2.62 bits per heavy atom. The Bertz CT molecular complexity index is 723. The summed E-state index contributed by atoms with van der Waals surface area (Å²) in [6, 6.07) is 15.9. The Hall–Kier alpha value is -2.05. The molecule has 1 fully saturated rings. The number of nitrogens with zero attached hydrogens (tertiary/aromatic N) is 3. The van der Waals surface area contributed by atoms with Crippen LogP contribution in [0.3, 0.4) is 0 Å². The van der Waals surface area contributed by atoms with E-state index >= 15 is 0 Å². The summed E-state index contributed by atoms with van der Waals surface area (Å²) in [6.07, 6.45) is 2.29. The van der Waals surface area contributed by atoms with Crippen LogP contribution in [-0.2, 0) is 6.54 Å². The van der Waals surface area contributed by atoms with Gasteiger partial charge in [0.1, 0.15) is 0 Å². The van der Waals surface area contributed by atoms with Crippen LogP contribution in [0.1, 0.15) is 32.3 Å². The highest BCUT2D eigenvalue weighted by atomic mass is 32.1. The fraction of sp³-hybridized carbons (Fsp3) is 0.522. The molecular formula is C23H35N5S. The van der Waals surface area contributed by atoms with Crippen LogP contribution in [0.25, 0.3) is 0 Å². The van der Waals surface area contributed by atoms with E-state index < -0.39 is 0 Å². The second kappa shape index (κ2) is 11.2. The normalized spacial score (nSPS) is 16.8. The average molecular weight is 414 g/mol. The number of benzene rings is 1. The maximum absolute atomic E-state index is 4.88. The fourth-order valence-electron chi connectivity index (χ4n) is 3.60. The Morgan fingerprint density at radius 1 is 1.21 bits per heavy atom. The highest BCUT2D eigenvalue weighted by Gasteiger charge is 2.21. The lowest BCUT2D eigenvalue weighted by Gasteiger charge is -2.33. The van der Waals surface area contributed by atoms with Crippen LogP contribution in [0.15, 0.2) is 52.8 Å². The first-order valence-electron chi connectivity index (χ1n) is 10.7. The molecule has 1 saturated heterocycles. The minimum atomic E-state index is 0.381. The standard InChI is InChI=1S/C23H35N5S/c1-4-24-23(25-17-19(2)27(3)18-20-9-6-5-7-10-20)26-21-12-14-28(15-13-21)22-11-8-16-29-22/h5-11,16,19,21H,4,12-15,17-18H2,1-3H3,(H2,24,25,26). The van der Waals surface area contributed by atoms with Gasteiger partial charge in [-0.25, -0.2) is 0 Å². The lowest BCUT2D eigenvalue weighted by molar-refractivity contribution is 0.255. The van der Waals surface area contributed by atoms with Crippen molar-refractivity contribution in [3.8, 4) is 0 Å². The Balaban J connectivity index is 1.47. The predicted octanol–water partition coefficient (Wildman–Crippen LogP) is 3.79. The molecule has 0 bridgehead atoms. The molecule has 2 N–H and O–H groups in total. The molecule has 2 heterocycles. The summed E-state index contributed by atoms with van der Waals surface area (Å²) < 4.78 is 0. The summed E-state index contributed by atoms with van der Waals surface area (Å²) in [5.41, 5.74) is 1.34. The number of piperidine rings is 1. The summed E-state index contributed by atoms with van der Waals surface area (Å²) in [5, 5.41) is 10.6. The molecule has 0 aliphatic carbocycles. The van der Waals surface area contributed by atoms with E-state index in [4.69, 9.17) is 4.99 Å². The molecule has 5 nitrogen and oxygen atoms in total. The summed E-state index contributed by atoms with van der Waals surface area (Å²) in [4.78, 5) is 9.74. The lowest BCUT2D eigenvalue weighted by atomic mass is 10.1. The van der Waals surface area contributed by atoms with Gasteiger partial charge in [0.15, 0.2) is 5.96 Å². The van der Waals surface area contributed by atoms with Gasteiger partial charge in [0, 0.05) is 38.3 Å². The molecule has 1 atom stereocenters. The van der Waals surface area contributed by atoms with Gasteiger partial charge in [-0.2, -0.15) is 0 Å². The molecule has 158 valence electrons. The zero-order valence-electron chi connectivity index (χ0n) is 18.0. The van der Waals surface area contributed by atoms with Gasteiger partial charge in [-0.3, -0.25) is 9.89 Å². The second-order valence-corrected chi connectivity index (χ2v) is 8.75. The number of rotatable bonds is 8. The monoisotopic (exact) mass is 413 g/mol. The molecule has 0 radical (unpaired) electrons. The number of hydrogen-bond acceptors (Lipinski definition) is 4. The van der Waals surface area contributed by atoms with Crippen molar-refractivity contribution in [3.05, 3.63) is 53.4 Å². The van der Waals surface area contributed by atoms with Crippen LogP contribution in [0.4, 0.5) is 5.00 Å². The molecule has 1 aromatic carbocycles. The Labute approximate surface area is 179 Å². The zero-order valence-corrected chi connectivity index (χ0v) is 18.8. The highest BCUT2D eigenvalue weighted by molar-refractivity contribution is 7.14. The fourth-order valence-corrected chi connectivity index (χ4v) is 4.38. The van der Waals surface area contributed by atoms with Crippen molar-refractivity contribution < 1.29 is 0 Å². The van der Waals surface area contributed by atoms with E-state index in [0.29, 0.717) is 12.1 Å². The molecule has 1 aliphatic heterocycles. The minimum absolute atomic E-state index is 0.381. The van der Waals surface area contributed by atoms with E-state index in [-0.39, 0.29) is 0 Å². The van der Waals surface area contributed by atoms with Gasteiger partial charge >= 0.3 is 0 Å². The van der Waals surface area contributed by atoms with Gasteiger partial charge in [-0.05, 0) is 56.8 Å². The number of likely N-dealkylation sites (N-methyl/N-ethyl adjacent to an activating group) is 1. The van der Waals surface area contributed by atoms with Crippen molar-refractivity contribution in [2.75, 3.05) is 38.1 Å². The number of nitrogens with one attached hydrogen (secondary N) is 2. The van der Waals surface area contributed by atoms with E-state index in [9.17, 15) is 0 Å². The third-order valence-electron chi connectivity index (χ3n) is 5.54. The largest absolute Gasteiger partial charge is 0.363 e. The maximum atomic E-state index is 4.88. The van der Waals surface area contributed by atoms with Gasteiger partial charge in [0.2, 0.25) is 0 Å². The number of hydrogen-bond donors (Lipinski definition) is 2. The van der Waals surface area contributed by atoms with Crippen LogP contribution in [-0.4, -0.2) is 56.2 Å². The van der Waals surface area contributed by atoms with E-state index in [2.05, 4.69) is 89.2 Å². The molecule has 6 heteroatoms. The number of aliphatic imine (C=N–C) groups is 1. The van der Waals surface area contributed by atoms with Crippen molar-refractivity contribution in [1.82, 2.24) is 15.5 Å². The third-order valence-corrected chi connectivity index (χ3v) is 6.47. The number of thiophene rings is 1. The minimum Gasteiger partial charge on any atom is -0.363 e. The van der Waals surface area contributed by atoms with E-state index in [0.717, 1.165) is 51.5 Å². The first-order valence-corrected chi connectivity index (χ1v) is 11.6. The van der Waals surface area contributed by atoms with E-state index in [1.54, 1.807) is 0 Å². The molecular weight excluding hydrogens is 378 g/mol. The van der Waals surface area contributed by atoms with Gasteiger partial charge in [-0.1, -0.05) is 30.3 Å². The van der Waals surface area contributed by atoms with Crippen LogP contribution >= 0.6 is 11.3 Å². The molecule has 1 unspecified atom stereocenters. The SMILES string of the molecule is CCNC(=NCC(C)N(C)Cc1ccccc1)NC1CCN(c2cccs2)CC1. The number of anilines is 1.